The molecule has 1 aliphatic heterocycles. The standard InChI is InChI=1S/C15H20FN3O2.ClH/c1-17-7-9-18(2)15(21)12-10-11(5-6-13(12)16)19-8-3-4-14(19)20;/h5-6,10,17H,3-4,7-9H2,1-2H3;1H. The lowest BCUT2D eigenvalue weighted by molar-refractivity contribution is -0.117. The summed E-state index contributed by atoms with van der Waals surface area (Å²) >= 11 is 0. The van der Waals surface area contributed by atoms with Crippen LogP contribution in [-0.2, 0) is 4.79 Å². The quantitative estimate of drug-likeness (QED) is 0.894. The number of benzene rings is 1. The SMILES string of the molecule is CNCCN(C)C(=O)c1cc(N2CCCC2=O)ccc1F.Cl. The highest BCUT2D eigenvalue weighted by molar-refractivity contribution is 5.99. The number of nitrogens with zero attached hydrogens (tertiary/aromatic N) is 2. The van der Waals surface area contributed by atoms with Crippen LogP contribution in [0, 0.1) is 5.82 Å². The molecular weight excluding hydrogens is 309 g/mol. The summed E-state index contributed by atoms with van der Waals surface area (Å²) in [5.74, 6) is -0.925. The first-order chi connectivity index (χ1) is 10.0. The van der Waals surface area contributed by atoms with Crippen LogP contribution < -0.4 is 10.2 Å². The smallest absolute Gasteiger partial charge is 0.256 e. The number of nitrogens with one attached hydrogen (secondary N) is 1. The van der Waals surface area contributed by atoms with Gasteiger partial charge in [-0.15, -0.1) is 12.4 Å². The third-order valence-corrected chi connectivity index (χ3v) is 3.61. The van der Waals surface area contributed by atoms with Gasteiger partial charge in [0.15, 0.2) is 0 Å². The lowest BCUT2D eigenvalue weighted by Crippen LogP contribution is -2.33. The molecule has 122 valence electrons. The summed E-state index contributed by atoms with van der Waals surface area (Å²) in [6.07, 6.45) is 1.30. The second kappa shape index (κ2) is 8.10. The van der Waals surface area contributed by atoms with E-state index in [0.29, 0.717) is 31.7 Å². The minimum atomic E-state index is -0.563. The predicted molar refractivity (Wildman–Crippen MR) is 86.1 cm³/mol. The summed E-state index contributed by atoms with van der Waals surface area (Å²) in [5, 5.41) is 2.94. The lowest BCUT2D eigenvalue weighted by Gasteiger charge is -2.20. The van der Waals surface area contributed by atoms with E-state index in [1.54, 1.807) is 25.1 Å². The molecule has 0 saturated carbocycles. The maximum atomic E-state index is 13.9. The van der Waals surface area contributed by atoms with Crippen LogP contribution in [0.5, 0.6) is 0 Å². The van der Waals surface area contributed by atoms with Gasteiger partial charge >= 0.3 is 0 Å². The second-order valence-corrected chi connectivity index (χ2v) is 5.14. The fraction of sp³-hybridized carbons (Fsp3) is 0.467. The molecular formula is C15H21ClFN3O2. The van der Waals surface area contributed by atoms with Gasteiger partial charge < -0.3 is 15.1 Å². The van der Waals surface area contributed by atoms with E-state index in [4.69, 9.17) is 0 Å². The zero-order valence-corrected chi connectivity index (χ0v) is 13.6. The van der Waals surface area contributed by atoms with Crippen LogP contribution in [-0.4, -0.2) is 50.4 Å². The molecule has 2 rings (SSSR count). The van der Waals surface area contributed by atoms with Crippen LogP contribution >= 0.6 is 12.4 Å². The Labute approximate surface area is 135 Å². The van der Waals surface area contributed by atoms with Gasteiger partial charge in [-0.2, -0.15) is 0 Å². The van der Waals surface area contributed by atoms with Crippen molar-refractivity contribution in [1.82, 2.24) is 10.2 Å². The molecule has 1 aliphatic rings. The number of carbonyl (C=O) groups excluding carboxylic acids is 2. The molecule has 0 unspecified atom stereocenters. The number of hydrogen-bond donors (Lipinski definition) is 1. The van der Waals surface area contributed by atoms with Crippen molar-refractivity contribution in [3.8, 4) is 0 Å². The fourth-order valence-corrected chi connectivity index (χ4v) is 2.35. The summed E-state index contributed by atoms with van der Waals surface area (Å²) in [5.41, 5.74) is 0.593. The van der Waals surface area contributed by atoms with E-state index in [2.05, 4.69) is 5.32 Å². The van der Waals surface area contributed by atoms with Gasteiger partial charge in [0.1, 0.15) is 5.82 Å². The molecule has 22 heavy (non-hydrogen) atoms. The summed E-state index contributed by atoms with van der Waals surface area (Å²) in [6.45, 7) is 1.74. The minimum Gasteiger partial charge on any atom is -0.340 e. The molecule has 0 spiro atoms. The Morgan fingerprint density at radius 2 is 2.18 bits per heavy atom. The van der Waals surface area contributed by atoms with E-state index < -0.39 is 5.82 Å². The molecule has 2 amide bonds. The molecule has 0 aliphatic carbocycles. The van der Waals surface area contributed by atoms with Crippen molar-refractivity contribution in [2.75, 3.05) is 38.6 Å². The van der Waals surface area contributed by atoms with Crippen molar-refractivity contribution in [1.29, 1.82) is 0 Å². The van der Waals surface area contributed by atoms with E-state index in [0.717, 1.165) is 6.42 Å². The number of carbonyl (C=O) groups is 2. The van der Waals surface area contributed by atoms with Crippen LogP contribution in [0.4, 0.5) is 10.1 Å². The van der Waals surface area contributed by atoms with Crippen molar-refractivity contribution < 1.29 is 14.0 Å². The fourth-order valence-electron chi connectivity index (χ4n) is 2.35. The number of likely N-dealkylation sites (N-methyl/N-ethyl adjacent to an activating group) is 2. The topological polar surface area (TPSA) is 52.7 Å². The summed E-state index contributed by atoms with van der Waals surface area (Å²) in [4.78, 5) is 27.1. The molecule has 1 aromatic carbocycles. The van der Waals surface area contributed by atoms with E-state index in [-0.39, 0.29) is 29.8 Å². The Kier molecular flexibility index (Phi) is 6.77. The first-order valence-electron chi connectivity index (χ1n) is 7.04. The molecule has 1 fully saturated rings. The van der Waals surface area contributed by atoms with Gasteiger partial charge in [0, 0.05) is 38.8 Å². The second-order valence-electron chi connectivity index (χ2n) is 5.14. The minimum absolute atomic E-state index is 0. The van der Waals surface area contributed by atoms with Crippen molar-refractivity contribution in [2.45, 2.75) is 12.8 Å². The van der Waals surface area contributed by atoms with Crippen molar-refractivity contribution in [3.63, 3.8) is 0 Å². The van der Waals surface area contributed by atoms with E-state index >= 15 is 0 Å². The highest BCUT2D eigenvalue weighted by atomic mass is 35.5. The van der Waals surface area contributed by atoms with Gasteiger partial charge in [0.05, 0.1) is 5.56 Å². The molecule has 0 bridgehead atoms. The molecule has 0 aromatic heterocycles. The average molecular weight is 330 g/mol. The highest BCUT2D eigenvalue weighted by Crippen LogP contribution is 2.24. The number of hydrogen-bond acceptors (Lipinski definition) is 3. The van der Waals surface area contributed by atoms with Gasteiger partial charge in [-0.25, -0.2) is 4.39 Å². The Morgan fingerprint density at radius 3 is 2.77 bits per heavy atom. The van der Waals surface area contributed by atoms with Gasteiger partial charge in [-0.05, 0) is 31.7 Å². The number of amides is 2. The Balaban J connectivity index is 0.00000242. The average Bonchev–Trinajstić information content (AvgIpc) is 2.90. The van der Waals surface area contributed by atoms with E-state index in [1.165, 1.54) is 17.0 Å². The molecule has 0 atom stereocenters. The maximum Gasteiger partial charge on any atom is 0.256 e. The molecule has 7 heteroatoms. The highest BCUT2D eigenvalue weighted by Gasteiger charge is 2.24. The van der Waals surface area contributed by atoms with Gasteiger partial charge in [-0.3, -0.25) is 9.59 Å². The first kappa shape index (κ1) is 18.4. The zero-order chi connectivity index (χ0) is 15.4. The van der Waals surface area contributed by atoms with Crippen LogP contribution in [0.25, 0.3) is 0 Å². The van der Waals surface area contributed by atoms with Gasteiger partial charge in [0.25, 0.3) is 5.91 Å². The molecule has 1 saturated heterocycles. The third kappa shape index (κ3) is 3.96. The molecule has 5 nitrogen and oxygen atoms in total. The van der Waals surface area contributed by atoms with E-state index in [9.17, 15) is 14.0 Å². The normalized spacial score (nSPS) is 14.0. The Morgan fingerprint density at radius 1 is 1.45 bits per heavy atom. The maximum absolute atomic E-state index is 13.9. The van der Waals surface area contributed by atoms with Crippen LogP contribution in [0.2, 0.25) is 0 Å². The van der Waals surface area contributed by atoms with Gasteiger partial charge in [-0.1, -0.05) is 0 Å². The van der Waals surface area contributed by atoms with Crippen molar-refractivity contribution in [3.05, 3.63) is 29.6 Å². The summed E-state index contributed by atoms with van der Waals surface area (Å²) < 4.78 is 13.9. The Bertz CT molecular complexity index is 554. The monoisotopic (exact) mass is 329 g/mol. The van der Waals surface area contributed by atoms with Crippen LogP contribution in [0.3, 0.4) is 0 Å². The summed E-state index contributed by atoms with van der Waals surface area (Å²) in [7, 11) is 3.42. The Hall–Kier alpha value is -1.66. The largest absolute Gasteiger partial charge is 0.340 e. The molecule has 0 radical (unpaired) electrons. The molecule has 1 heterocycles. The van der Waals surface area contributed by atoms with Crippen LogP contribution in [0.1, 0.15) is 23.2 Å². The predicted octanol–water partition coefficient (Wildman–Crippen LogP) is 1.67. The molecule has 1 aromatic rings. The lowest BCUT2D eigenvalue weighted by atomic mass is 10.1. The zero-order valence-electron chi connectivity index (χ0n) is 12.8. The summed E-state index contributed by atoms with van der Waals surface area (Å²) in [6, 6.07) is 4.26. The first-order valence-corrected chi connectivity index (χ1v) is 7.04. The van der Waals surface area contributed by atoms with Crippen molar-refractivity contribution >= 4 is 29.9 Å². The third-order valence-electron chi connectivity index (χ3n) is 3.61. The van der Waals surface area contributed by atoms with Gasteiger partial charge in [0.2, 0.25) is 5.91 Å². The van der Waals surface area contributed by atoms with Crippen molar-refractivity contribution in [2.24, 2.45) is 0 Å². The number of anilines is 1. The van der Waals surface area contributed by atoms with Crippen LogP contribution in [0.15, 0.2) is 18.2 Å². The molecule has 1 N–H and O–H groups in total. The van der Waals surface area contributed by atoms with E-state index in [1.807, 2.05) is 0 Å². The number of rotatable bonds is 5. The number of halogens is 2.